The van der Waals surface area contributed by atoms with E-state index in [4.69, 9.17) is 5.11 Å². The highest BCUT2D eigenvalue weighted by Gasteiger charge is 2.21. The van der Waals surface area contributed by atoms with Crippen LogP contribution in [-0.4, -0.2) is 59.5 Å². The molecule has 0 aliphatic carbocycles. The average molecular weight is 284 g/mol. The molecule has 0 radical (unpaired) electrons. The Balaban J connectivity index is 2.15. The van der Waals surface area contributed by atoms with Crippen molar-refractivity contribution in [2.75, 3.05) is 32.7 Å². The molecule has 0 aromatic carbocycles. The van der Waals surface area contributed by atoms with E-state index in [2.05, 4.69) is 4.90 Å². The first-order valence-electron chi connectivity index (χ1n) is 7.78. The minimum atomic E-state index is -0.687. The van der Waals surface area contributed by atoms with Crippen molar-refractivity contribution >= 4 is 11.9 Å². The zero-order valence-electron chi connectivity index (χ0n) is 12.8. The van der Waals surface area contributed by atoms with Crippen LogP contribution >= 0.6 is 0 Å². The topological polar surface area (TPSA) is 60.9 Å². The van der Waals surface area contributed by atoms with Gasteiger partial charge in [0.2, 0.25) is 5.91 Å². The van der Waals surface area contributed by atoms with Gasteiger partial charge in [-0.1, -0.05) is 0 Å². The van der Waals surface area contributed by atoms with E-state index in [1.165, 1.54) is 0 Å². The summed E-state index contributed by atoms with van der Waals surface area (Å²) in [4.78, 5) is 26.8. The van der Waals surface area contributed by atoms with Crippen LogP contribution in [0.25, 0.3) is 0 Å². The summed E-state index contributed by atoms with van der Waals surface area (Å²) < 4.78 is 0. The number of likely N-dealkylation sites (tertiary alicyclic amines) is 1. The molecule has 1 aliphatic rings. The fourth-order valence-electron chi connectivity index (χ4n) is 2.85. The highest BCUT2D eigenvalue weighted by atomic mass is 16.4. The van der Waals surface area contributed by atoms with Crippen molar-refractivity contribution in [3.05, 3.63) is 0 Å². The maximum atomic E-state index is 11.9. The Hall–Kier alpha value is -1.10. The fraction of sp³-hybridized carbons (Fsp3) is 0.867. The van der Waals surface area contributed by atoms with Crippen LogP contribution in [0.2, 0.25) is 0 Å². The lowest BCUT2D eigenvalue weighted by Gasteiger charge is -2.31. The number of carboxylic acids is 1. The number of piperidine rings is 1. The van der Waals surface area contributed by atoms with Gasteiger partial charge in [-0.15, -0.1) is 0 Å². The Morgan fingerprint density at radius 1 is 1.20 bits per heavy atom. The minimum absolute atomic E-state index is 0.246. The standard InChI is InChI=1S/C15H28N2O3/c1-3-17(4-2)14(18)6-5-9-16-10-7-13(8-11-16)12-15(19)20/h13H,3-12H2,1-2H3,(H,19,20). The minimum Gasteiger partial charge on any atom is -0.481 e. The summed E-state index contributed by atoms with van der Waals surface area (Å²) in [6.45, 7) is 8.48. The molecule has 1 rings (SSSR count). The van der Waals surface area contributed by atoms with Crippen molar-refractivity contribution in [1.82, 2.24) is 9.80 Å². The molecule has 0 saturated carbocycles. The monoisotopic (exact) mass is 284 g/mol. The van der Waals surface area contributed by atoms with Crippen LogP contribution < -0.4 is 0 Å². The molecule has 116 valence electrons. The number of carbonyl (C=O) groups excluding carboxylic acids is 1. The van der Waals surface area contributed by atoms with E-state index in [9.17, 15) is 9.59 Å². The molecule has 0 spiro atoms. The van der Waals surface area contributed by atoms with Crippen LogP contribution in [0.5, 0.6) is 0 Å². The number of rotatable bonds is 8. The Morgan fingerprint density at radius 3 is 2.30 bits per heavy atom. The van der Waals surface area contributed by atoms with Gasteiger partial charge in [0.05, 0.1) is 0 Å². The second-order valence-corrected chi connectivity index (χ2v) is 5.55. The number of hydrogen-bond acceptors (Lipinski definition) is 3. The lowest BCUT2D eigenvalue weighted by molar-refractivity contribution is -0.138. The summed E-state index contributed by atoms with van der Waals surface area (Å²) in [7, 11) is 0. The molecule has 1 N–H and O–H groups in total. The number of hydrogen-bond donors (Lipinski definition) is 1. The summed E-state index contributed by atoms with van der Waals surface area (Å²) >= 11 is 0. The normalized spacial score (nSPS) is 17.1. The largest absolute Gasteiger partial charge is 0.481 e. The van der Waals surface area contributed by atoms with Gasteiger partial charge in [0.25, 0.3) is 0 Å². The molecule has 1 saturated heterocycles. The molecule has 0 atom stereocenters. The number of carbonyl (C=O) groups is 2. The quantitative estimate of drug-likeness (QED) is 0.738. The van der Waals surface area contributed by atoms with Gasteiger partial charge in [0.1, 0.15) is 0 Å². The van der Waals surface area contributed by atoms with Crippen molar-refractivity contribution < 1.29 is 14.7 Å². The van der Waals surface area contributed by atoms with Gasteiger partial charge in [-0.25, -0.2) is 0 Å². The molecule has 20 heavy (non-hydrogen) atoms. The van der Waals surface area contributed by atoms with E-state index < -0.39 is 5.97 Å². The lowest BCUT2D eigenvalue weighted by atomic mass is 9.93. The second-order valence-electron chi connectivity index (χ2n) is 5.55. The smallest absolute Gasteiger partial charge is 0.303 e. The van der Waals surface area contributed by atoms with Gasteiger partial charge >= 0.3 is 5.97 Å². The van der Waals surface area contributed by atoms with E-state index in [0.717, 1.165) is 52.0 Å². The Kier molecular flexibility index (Phi) is 7.59. The van der Waals surface area contributed by atoms with Gasteiger partial charge in [-0.05, 0) is 58.7 Å². The van der Waals surface area contributed by atoms with Gasteiger partial charge < -0.3 is 14.9 Å². The van der Waals surface area contributed by atoms with Crippen molar-refractivity contribution in [3.8, 4) is 0 Å². The first-order valence-corrected chi connectivity index (χ1v) is 7.78. The van der Waals surface area contributed by atoms with Crippen LogP contribution in [0.3, 0.4) is 0 Å². The first-order chi connectivity index (χ1) is 9.56. The van der Waals surface area contributed by atoms with Crippen LogP contribution in [0.4, 0.5) is 0 Å². The van der Waals surface area contributed by atoms with Gasteiger partial charge in [-0.2, -0.15) is 0 Å². The molecule has 1 aliphatic heterocycles. The Bertz CT molecular complexity index is 308. The van der Waals surface area contributed by atoms with Gasteiger partial charge in [0, 0.05) is 25.9 Å². The first kappa shape index (κ1) is 17.0. The van der Waals surface area contributed by atoms with E-state index in [-0.39, 0.29) is 5.91 Å². The second kappa shape index (κ2) is 8.95. The molecule has 0 aromatic heterocycles. The van der Waals surface area contributed by atoms with E-state index in [1.807, 2.05) is 18.7 Å². The van der Waals surface area contributed by atoms with Crippen molar-refractivity contribution in [1.29, 1.82) is 0 Å². The third-order valence-corrected chi connectivity index (χ3v) is 4.15. The Labute approximate surface area is 121 Å². The maximum Gasteiger partial charge on any atom is 0.303 e. The zero-order chi connectivity index (χ0) is 15.0. The van der Waals surface area contributed by atoms with Gasteiger partial charge in [0.15, 0.2) is 0 Å². The van der Waals surface area contributed by atoms with Crippen LogP contribution in [-0.2, 0) is 9.59 Å². The predicted molar refractivity (Wildman–Crippen MR) is 78.6 cm³/mol. The van der Waals surface area contributed by atoms with E-state index in [0.29, 0.717) is 18.8 Å². The van der Waals surface area contributed by atoms with Crippen molar-refractivity contribution in [3.63, 3.8) is 0 Å². The highest BCUT2D eigenvalue weighted by molar-refractivity contribution is 5.76. The third-order valence-electron chi connectivity index (χ3n) is 4.15. The molecule has 0 bridgehead atoms. The fourth-order valence-corrected chi connectivity index (χ4v) is 2.85. The summed E-state index contributed by atoms with van der Waals surface area (Å²) in [6, 6.07) is 0. The average Bonchev–Trinajstić information content (AvgIpc) is 2.41. The summed E-state index contributed by atoms with van der Waals surface area (Å²) in [5.41, 5.74) is 0. The number of nitrogens with zero attached hydrogens (tertiary/aromatic N) is 2. The number of amides is 1. The van der Waals surface area contributed by atoms with E-state index in [1.54, 1.807) is 0 Å². The molecule has 1 amide bonds. The number of carboxylic acid groups (broad SMARTS) is 1. The van der Waals surface area contributed by atoms with Crippen molar-refractivity contribution in [2.24, 2.45) is 5.92 Å². The highest BCUT2D eigenvalue weighted by Crippen LogP contribution is 2.20. The van der Waals surface area contributed by atoms with Gasteiger partial charge in [-0.3, -0.25) is 9.59 Å². The summed E-state index contributed by atoms with van der Waals surface area (Å²) in [5.74, 6) is -0.106. The number of aliphatic carboxylic acids is 1. The van der Waals surface area contributed by atoms with Crippen molar-refractivity contribution in [2.45, 2.75) is 46.0 Å². The van der Waals surface area contributed by atoms with Crippen LogP contribution in [0.15, 0.2) is 0 Å². The summed E-state index contributed by atoms with van der Waals surface area (Å²) in [5, 5.41) is 8.78. The third kappa shape index (κ3) is 5.90. The Morgan fingerprint density at radius 2 is 1.80 bits per heavy atom. The maximum absolute atomic E-state index is 11.9. The molecular weight excluding hydrogens is 256 g/mol. The van der Waals surface area contributed by atoms with Crippen LogP contribution in [0.1, 0.15) is 46.0 Å². The zero-order valence-corrected chi connectivity index (χ0v) is 12.8. The summed E-state index contributed by atoms with van der Waals surface area (Å²) in [6.07, 6.45) is 3.76. The molecule has 0 unspecified atom stereocenters. The lowest BCUT2D eigenvalue weighted by Crippen LogP contribution is -2.36. The molecule has 0 aromatic rings. The molecule has 1 heterocycles. The predicted octanol–water partition coefficient (Wildman–Crippen LogP) is 1.82. The SMILES string of the molecule is CCN(CC)C(=O)CCCN1CCC(CC(=O)O)CC1. The molecule has 1 fully saturated rings. The van der Waals surface area contributed by atoms with Crippen LogP contribution in [0, 0.1) is 5.92 Å². The molecular formula is C15H28N2O3. The van der Waals surface area contributed by atoms with E-state index >= 15 is 0 Å². The molecule has 5 heteroatoms. The molecule has 5 nitrogen and oxygen atoms in total.